The molecule has 0 bridgehead atoms. The zero-order chi connectivity index (χ0) is 18.2. The average Bonchev–Trinajstić information content (AvgIpc) is 2.94. The maximum absolute atomic E-state index is 12.5. The van der Waals surface area contributed by atoms with Crippen molar-refractivity contribution in [2.45, 2.75) is 23.4 Å². The Morgan fingerprint density at radius 2 is 1.74 bits per heavy atom. The van der Waals surface area contributed by atoms with Crippen molar-refractivity contribution in [3.05, 3.63) is 10.6 Å². The Bertz CT molecular complexity index is 536. The molecule has 0 unspecified atom stereocenters. The number of allylic oxidation sites excluding steroid dienone is 1. The molecule has 0 aliphatic heterocycles. The molecule has 1 amide bonds. The molecule has 1 saturated carbocycles. The van der Waals surface area contributed by atoms with Gasteiger partial charge in [0.2, 0.25) is 9.70 Å². The van der Waals surface area contributed by atoms with E-state index < -0.39 is 29.0 Å². The summed E-state index contributed by atoms with van der Waals surface area (Å²) in [5, 5.41) is 2.46. The van der Waals surface area contributed by atoms with Gasteiger partial charge in [-0.3, -0.25) is 9.36 Å². The number of hydrogen-bond donors (Lipinski definition) is 1. The number of halogens is 5. The van der Waals surface area contributed by atoms with Crippen molar-refractivity contribution in [1.82, 2.24) is 5.32 Å². The van der Waals surface area contributed by atoms with Crippen LogP contribution in [0.4, 0.5) is 0 Å². The Labute approximate surface area is 160 Å². The van der Waals surface area contributed by atoms with Gasteiger partial charge in [-0.2, -0.15) is 0 Å². The second kappa shape index (κ2) is 7.59. The Kier molecular flexibility index (Phi) is 7.21. The van der Waals surface area contributed by atoms with Gasteiger partial charge in [0.15, 0.2) is 5.78 Å². The van der Waals surface area contributed by atoms with Gasteiger partial charge < -0.3 is 14.4 Å². The van der Waals surface area contributed by atoms with Gasteiger partial charge in [-0.1, -0.05) is 71.9 Å². The molecule has 5 nitrogen and oxygen atoms in total. The van der Waals surface area contributed by atoms with Crippen molar-refractivity contribution in [2.75, 3.05) is 14.2 Å². The van der Waals surface area contributed by atoms with E-state index in [9.17, 15) is 9.36 Å². The molecular formula is C12H17Cl5NO4P. The molecule has 1 fully saturated rings. The molecule has 1 aliphatic carbocycles. The fraction of sp³-hybridized carbons (Fsp3) is 0.750. The van der Waals surface area contributed by atoms with E-state index in [1.165, 1.54) is 0 Å². The summed E-state index contributed by atoms with van der Waals surface area (Å²) in [4.78, 5) is 12.5. The maximum Gasteiger partial charge on any atom is 0.356 e. The van der Waals surface area contributed by atoms with E-state index in [1.54, 1.807) is 6.08 Å². The molecule has 0 aromatic carbocycles. The number of alkyl halides is 3. The first kappa shape index (κ1) is 21.9. The summed E-state index contributed by atoms with van der Waals surface area (Å²) in [7, 11) is -1.59. The van der Waals surface area contributed by atoms with Crippen molar-refractivity contribution in [2.24, 2.45) is 17.3 Å². The summed E-state index contributed by atoms with van der Waals surface area (Å²) in [6.07, 6.45) is 1.57. The van der Waals surface area contributed by atoms with Gasteiger partial charge in [-0.25, -0.2) is 0 Å². The third-order valence-corrected chi connectivity index (χ3v) is 7.44. The van der Waals surface area contributed by atoms with Crippen LogP contribution in [-0.4, -0.2) is 29.7 Å². The van der Waals surface area contributed by atoms with Crippen LogP contribution in [0.15, 0.2) is 10.6 Å². The van der Waals surface area contributed by atoms with Gasteiger partial charge in [-0.15, -0.1) is 0 Å². The zero-order valence-corrected chi connectivity index (χ0v) is 17.5. The topological polar surface area (TPSA) is 64.6 Å². The summed E-state index contributed by atoms with van der Waals surface area (Å²) in [5.41, 5.74) is -0.388. The van der Waals surface area contributed by atoms with Crippen LogP contribution in [-0.2, 0) is 18.4 Å². The average molecular weight is 448 g/mol. The number of carbonyl (C=O) groups is 1. The highest BCUT2D eigenvalue weighted by Crippen LogP contribution is 2.61. The second-order valence-corrected chi connectivity index (χ2v) is 11.3. The smallest absolute Gasteiger partial charge is 0.338 e. The Morgan fingerprint density at radius 1 is 1.26 bits per heavy atom. The Balaban J connectivity index is 3.01. The molecule has 0 saturated heterocycles. The monoisotopic (exact) mass is 445 g/mol. The van der Waals surface area contributed by atoms with Crippen molar-refractivity contribution in [3.63, 3.8) is 0 Å². The summed E-state index contributed by atoms with van der Waals surface area (Å²) < 4.78 is 20.2. The van der Waals surface area contributed by atoms with Crippen LogP contribution in [0.5, 0.6) is 0 Å². The van der Waals surface area contributed by atoms with E-state index >= 15 is 0 Å². The summed E-state index contributed by atoms with van der Waals surface area (Å²) in [5.74, 6) is -2.58. The van der Waals surface area contributed by atoms with E-state index in [2.05, 4.69) is 5.32 Å². The van der Waals surface area contributed by atoms with Crippen molar-refractivity contribution in [3.8, 4) is 0 Å². The first-order valence-corrected chi connectivity index (χ1v) is 9.92. The van der Waals surface area contributed by atoms with Gasteiger partial charge >= 0.3 is 7.60 Å². The maximum atomic E-state index is 12.5. The van der Waals surface area contributed by atoms with Gasteiger partial charge in [0.1, 0.15) is 4.49 Å². The number of amides is 1. The van der Waals surface area contributed by atoms with Crippen LogP contribution in [0.25, 0.3) is 0 Å². The third kappa shape index (κ3) is 4.92. The minimum atomic E-state index is -3.86. The molecule has 3 atom stereocenters. The molecule has 0 radical (unpaired) electrons. The number of nitrogens with one attached hydrogen (secondary N) is 1. The highest BCUT2D eigenvalue weighted by atomic mass is 35.6. The SMILES string of the molecule is COP(=O)(OC)[C@@H](NC(=O)[C@H]1[C@H](C=C(Cl)Cl)C1(C)C)C(Cl)(Cl)Cl. The first-order chi connectivity index (χ1) is 10.3. The molecule has 0 aromatic heterocycles. The van der Waals surface area contributed by atoms with E-state index in [1.807, 2.05) is 13.8 Å². The molecule has 1 aliphatic rings. The molecule has 0 spiro atoms. The van der Waals surface area contributed by atoms with Gasteiger partial charge in [0, 0.05) is 14.2 Å². The van der Waals surface area contributed by atoms with E-state index in [0.717, 1.165) is 14.2 Å². The molecule has 1 N–H and O–H groups in total. The van der Waals surface area contributed by atoms with E-state index in [4.69, 9.17) is 67.1 Å². The van der Waals surface area contributed by atoms with Crippen LogP contribution in [0.2, 0.25) is 0 Å². The normalized spacial score (nSPS) is 24.7. The van der Waals surface area contributed by atoms with Gasteiger partial charge in [0.25, 0.3) is 0 Å². The van der Waals surface area contributed by atoms with E-state index in [0.29, 0.717) is 0 Å². The standard InChI is InChI=1S/C12H17Cl5NO4P/c1-11(2)6(5-7(13)14)8(11)9(19)18-10(12(15,16)17)23(20,21-3)22-4/h5-6,8,10H,1-4H3,(H,18,19)/t6-,8+,10+/m0/s1. The summed E-state index contributed by atoms with van der Waals surface area (Å²) in [6.45, 7) is 3.73. The molecule has 11 heteroatoms. The van der Waals surface area contributed by atoms with E-state index in [-0.39, 0.29) is 15.8 Å². The van der Waals surface area contributed by atoms with Crippen LogP contribution in [0, 0.1) is 17.3 Å². The predicted molar refractivity (Wildman–Crippen MR) is 94.4 cm³/mol. The van der Waals surface area contributed by atoms with Gasteiger partial charge in [-0.05, 0) is 17.4 Å². The minimum Gasteiger partial charge on any atom is -0.338 e. The second-order valence-electron chi connectivity index (χ2n) is 5.64. The summed E-state index contributed by atoms with van der Waals surface area (Å²) >= 11 is 28.8. The van der Waals surface area contributed by atoms with Crippen LogP contribution < -0.4 is 5.32 Å². The quantitative estimate of drug-likeness (QED) is 0.466. The molecule has 134 valence electrons. The largest absolute Gasteiger partial charge is 0.356 e. The fourth-order valence-corrected chi connectivity index (χ4v) is 5.20. The lowest BCUT2D eigenvalue weighted by Gasteiger charge is -2.30. The molecule has 1 rings (SSSR count). The van der Waals surface area contributed by atoms with Crippen molar-refractivity contribution >= 4 is 71.5 Å². The fourth-order valence-electron chi connectivity index (χ4n) is 2.48. The molecule has 0 heterocycles. The highest BCUT2D eigenvalue weighted by molar-refractivity contribution is 7.55. The number of hydrogen-bond acceptors (Lipinski definition) is 4. The first-order valence-electron chi connectivity index (χ1n) is 6.42. The van der Waals surface area contributed by atoms with Crippen molar-refractivity contribution < 1.29 is 18.4 Å². The Morgan fingerprint density at radius 3 is 2.09 bits per heavy atom. The van der Waals surface area contributed by atoms with Gasteiger partial charge in [0.05, 0.1) is 5.92 Å². The number of carbonyl (C=O) groups excluding carboxylic acids is 1. The number of rotatable bonds is 6. The van der Waals surface area contributed by atoms with Crippen LogP contribution in [0.1, 0.15) is 13.8 Å². The van der Waals surface area contributed by atoms with Crippen molar-refractivity contribution in [1.29, 1.82) is 0 Å². The molecule has 0 aromatic rings. The lowest BCUT2D eigenvalue weighted by Crippen LogP contribution is -2.45. The minimum absolute atomic E-state index is 0.0655. The highest BCUT2D eigenvalue weighted by Gasteiger charge is 2.62. The Hall–Kier alpha value is 0.810. The van der Waals surface area contributed by atoms with Crippen LogP contribution >= 0.6 is 65.6 Å². The predicted octanol–water partition coefficient (Wildman–Crippen LogP) is 4.88. The third-order valence-electron chi connectivity index (χ3n) is 3.91. The lowest BCUT2D eigenvalue weighted by molar-refractivity contribution is -0.123. The summed E-state index contributed by atoms with van der Waals surface area (Å²) in [6, 6.07) is 0. The molecular weight excluding hydrogens is 430 g/mol. The van der Waals surface area contributed by atoms with Crippen LogP contribution in [0.3, 0.4) is 0 Å². The molecule has 23 heavy (non-hydrogen) atoms. The zero-order valence-electron chi connectivity index (χ0n) is 12.8. The lowest BCUT2D eigenvalue weighted by atomic mass is 10.1.